The molecule has 1 aromatic rings. The van der Waals surface area contributed by atoms with Crippen LogP contribution in [0.2, 0.25) is 0 Å². The Morgan fingerprint density at radius 3 is 3.22 bits per heavy atom. The minimum absolute atomic E-state index is 0.203. The third kappa shape index (κ3) is 4.16. The van der Waals surface area contributed by atoms with Crippen LogP contribution in [-0.2, 0) is 20.8 Å². The van der Waals surface area contributed by atoms with Crippen LogP contribution in [0.4, 0.5) is 5.13 Å². The van der Waals surface area contributed by atoms with Crippen molar-refractivity contribution in [2.75, 3.05) is 32.2 Å². The van der Waals surface area contributed by atoms with Crippen LogP contribution in [0.1, 0.15) is 19.2 Å². The fraction of sp³-hybridized carbons (Fsp3) is 0.818. The number of nitrogens with zero attached hydrogens (tertiary/aromatic N) is 2. The first-order valence-electron chi connectivity index (χ1n) is 6.05. The van der Waals surface area contributed by atoms with Gasteiger partial charge in [-0.25, -0.2) is 4.98 Å². The van der Waals surface area contributed by atoms with Crippen molar-refractivity contribution >= 4 is 16.7 Å². The van der Waals surface area contributed by atoms with Crippen molar-refractivity contribution in [1.29, 1.82) is 0 Å². The molecule has 1 saturated heterocycles. The first-order chi connectivity index (χ1) is 8.78. The van der Waals surface area contributed by atoms with Gasteiger partial charge < -0.3 is 19.5 Å². The Bertz CT molecular complexity index is 355. The molecule has 1 fully saturated rings. The summed E-state index contributed by atoms with van der Waals surface area (Å²) in [7, 11) is 1.63. The summed E-state index contributed by atoms with van der Waals surface area (Å²) >= 11 is 1.34. The monoisotopic (exact) mass is 273 g/mol. The van der Waals surface area contributed by atoms with Crippen molar-refractivity contribution in [2.45, 2.75) is 32.1 Å². The van der Waals surface area contributed by atoms with E-state index in [0.29, 0.717) is 25.6 Å². The Morgan fingerprint density at radius 1 is 1.61 bits per heavy atom. The number of methoxy groups -OCH3 is 1. The summed E-state index contributed by atoms with van der Waals surface area (Å²) in [6, 6.07) is 0.203. The van der Waals surface area contributed by atoms with Crippen LogP contribution in [0.3, 0.4) is 0 Å². The third-order valence-electron chi connectivity index (χ3n) is 2.58. The molecule has 0 aliphatic carbocycles. The van der Waals surface area contributed by atoms with Gasteiger partial charge in [0.15, 0.2) is 5.82 Å². The second-order valence-electron chi connectivity index (χ2n) is 4.31. The molecule has 7 heteroatoms. The van der Waals surface area contributed by atoms with Gasteiger partial charge in [0.2, 0.25) is 5.13 Å². The van der Waals surface area contributed by atoms with Gasteiger partial charge in [0.25, 0.3) is 0 Å². The predicted molar refractivity (Wildman–Crippen MR) is 68.9 cm³/mol. The molecule has 102 valence electrons. The van der Waals surface area contributed by atoms with E-state index >= 15 is 0 Å². The minimum Gasteiger partial charge on any atom is -0.379 e. The smallest absolute Gasteiger partial charge is 0.202 e. The van der Waals surface area contributed by atoms with Crippen LogP contribution in [0.15, 0.2) is 0 Å². The molecular formula is C11H19N3O3S. The molecular weight excluding hydrogens is 254 g/mol. The van der Waals surface area contributed by atoms with E-state index in [1.54, 1.807) is 7.11 Å². The van der Waals surface area contributed by atoms with Gasteiger partial charge >= 0.3 is 0 Å². The molecule has 0 radical (unpaired) electrons. The van der Waals surface area contributed by atoms with Crippen molar-refractivity contribution in [3.05, 3.63) is 5.82 Å². The topological polar surface area (TPSA) is 65.5 Å². The maximum absolute atomic E-state index is 5.74. The molecule has 2 atom stereocenters. The fourth-order valence-electron chi connectivity index (χ4n) is 1.68. The van der Waals surface area contributed by atoms with Crippen molar-refractivity contribution in [1.82, 2.24) is 9.36 Å². The molecule has 1 aliphatic heterocycles. The summed E-state index contributed by atoms with van der Waals surface area (Å²) in [6.07, 6.45) is 1.23. The van der Waals surface area contributed by atoms with Crippen LogP contribution >= 0.6 is 11.5 Å². The summed E-state index contributed by atoms with van der Waals surface area (Å²) in [6.45, 7) is 4.68. The van der Waals surface area contributed by atoms with E-state index in [0.717, 1.165) is 18.2 Å². The summed E-state index contributed by atoms with van der Waals surface area (Å²) in [5.74, 6) is 0.710. The van der Waals surface area contributed by atoms with Crippen molar-refractivity contribution in [2.24, 2.45) is 0 Å². The van der Waals surface area contributed by atoms with Crippen LogP contribution < -0.4 is 5.32 Å². The second-order valence-corrected chi connectivity index (χ2v) is 5.06. The lowest BCUT2D eigenvalue weighted by Gasteiger charge is -2.15. The third-order valence-corrected chi connectivity index (χ3v) is 3.27. The Kier molecular flexibility index (Phi) is 5.30. The van der Waals surface area contributed by atoms with Crippen molar-refractivity contribution in [3.63, 3.8) is 0 Å². The van der Waals surface area contributed by atoms with E-state index in [1.807, 2.05) is 0 Å². The average molecular weight is 273 g/mol. The van der Waals surface area contributed by atoms with Crippen molar-refractivity contribution < 1.29 is 14.2 Å². The van der Waals surface area contributed by atoms with E-state index < -0.39 is 0 Å². The number of rotatable bonds is 7. The van der Waals surface area contributed by atoms with Gasteiger partial charge in [-0.3, -0.25) is 0 Å². The summed E-state index contributed by atoms with van der Waals surface area (Å²) < 4.78 is 20.1. The molecule has 0 amide bonds. The van der Waals surface area contributed by atoms with Gasteiger partial charge in [-0.05, 0) is 13.3 Å². The predicted octanol–water partition coefficient (Wildman–Crippen LogP) is 1.29. The molecule has 0 saturated carbocycles. The molecule has 2 heterocycles. The number of aromatic nitrogens is 2. The normalized spacial score (nSPS) is 21.1. The van der Waals surface area contributed by atoms with Crippen LogP contribution in [0.5, 0.6) is 0 Å². The minimum atomic E-state index is 0.203. The zero-order valence-electron chi connectivity index (χ0n) is 10.7. The first-order valence-corrected chi connectivity index (χ1v) is 6.82. The molecule has 0 bridgehead atoms. The maximum atomic E-state index is 5.74. The van der Waals surface area contributed by atoms with Crippen LogP contribution in [0.25, 0.3) is 0 Å². The van der Waals surface area contributed by atoms with Crippen LogP contribution in [0, 0.1) is 0 Å². The highest BCUT2D eigenvalue weighted by Crippen LogP contribution is 2.14. The van der Waals surface area contributed by atoms with Gasteiger partial charge in [-0.15, -0.1) is 0 Å². The molecule has 6 nitrogen and oxygen atoms in total. The second kappa shape index (κ2) is 6.98. The molecule has 0 aromatic carbocycles. The molecule has 1 N–H and O–H groups in total. The molecule has 1 aliphatic rings. The van der Waals surface area contributed by atoms with Gasteiger partial charge in [0.1, 0.15) is 6.61 Å². The highest BCUT2D eigenvalue weighted by Gasteiger charge is 2.17. The summed E-state index contributed by atoms with van der Waals surface area (Å²) in [5.41, 5.74) is 0. The fourth-order valence-corrected chi connectivity index (χ4v) is 2.36. The number of hydrogen-bond acceptors (Lipinski definition) is 7. The highest BCUT2D eigenvalue weighted by molar-refractivity contribution is 7.09. The van der Waals surface area contributed by atoms with Crippen LogP contribution in [-0.4, -0.2) is 48.4 Å². The van der Waals surface area contributed by atoms with Gasteiger partial charge in [0, 0.05) is 31.3 Å². The van der Waals surface area contributed by atoms with Gasteiger partial charge in [-0.1, -0.05) is 0 Å². The molecule has 18 heavy (non-hydrogen) atoms. The Morgan fingerprint density at radius 2 is 2.50 bits per heavy atom. The zero-order chi connectivity index (χ0) is 12.8. The Hall–Kier alpha value is -0.760. The van der Waals surface area contributed by atoms with E-state index in [-0.39, 0.29) is 12.1 Å². The number of nitrogens with one attached hydrogen (secondary N) is 1. The maximum Gasteiger partial charge on any atom is 0.202 e. The zero-order valence-corrected chi connectivity index (χ0v) is 11.5. The van der Waals surface area contributed by atoms with E-state index in [1.165, 1.54) is 11.5 Å². The Labute approximate surface area is 111 Å². The highest BCUT2D eigenvalue weighted by atomic mass is 32.1. The molecule has 2 rings (SSSR count). The SMILES string of the molecule is COCc1nsc(NC(C)COC2CCOC2)n1. The standard InChI is InChI=1S/C11H19N3O3S/c1-8(5-17-9-3-4-16-6-9)12-11-13-10(7-15-2)14-18-11/h8-9H,3-7H2,1-2H3,(H,12,13,14). The number of ether oxygens (including phenoxy) is 3. The molecule has 1 aromatic heterocycles. The lowest BCUT2D eigenvalue weighted by molar-refractivity contribution is 0.0395. The largest absolute Gasteiger partial charge is 0.379 e. The first kappa shape index (κ1) is 13.7. The molecule has 2 unspecified atom stereocenters. The Balaban J connectivity index is 1.70. The molecule has 0 spiro atoms. The van der Waals surface area contributed by atoms with Gasteiger partial charge in [-0.2, -0.15) is 4.37 Å². The van der Waals surface area contributed by atoms with E-state index in [4.69, 9.17) is 14.2 Å². The average Bonchev–Trinajstić information content (AvgIpc) is 2.99. The summed E-state index contributed by atoms with van der Waals surface area (Å²) in [5, 5.41) is 4.07. The lowest BCUT2D eigenvalue weighted by Crippen LogP contribution is -2.25. The number of hydrogen-bond donors (Lipinski definition) is 1. The van der Waals surface area contributed by atoms with Gasteiger partial charge in [0.05, 0.1) is 19.3 Å². The number of anilines is 1. The van der Waals surface area contributed by atoms with E-state index in [9.17, 15) is 0 Å². The van der Waals surface area contributed by atoms with Crippen molar-refractivity contribution in [3.8, 4) is 0 Å². The summed E-state index contributed by atoms with van der Waals surface area (Å²) in [4.78, 5) is 4.31. The lowest BCUT2D eigenvalue weighted by atomic mass is 10.3. The van der Waals surface area contributed by atoms with E-state index in [2.05, 4.69) is 21.6 Å². The quantitative estimate of drug-likeness (QED) is 0.807.